The monoisotopic (exact) mass is 254 g/mol. The van der Waals surface area contributed by atoms with E-state index in [1.165, 1.54) is 0 Å². The number of aromatic nitrogens is 1. The highest BCUT2D eigenvalue weighted by Gasteiger charge is 2.19. The lowest BCUT2D eigenvalue weighted by Gasteiger charge is -2.18. The third-order valence-electron chi connectivity index (χ3n) is 2.98. The first-order valence-corrected chi connectivity index (χ1v) is 6.36. The number of carbonyl (C=O) groups excluding carboxylic acids is 1. The summed E-state index contributed by atoms with van der Waals surface area (Å²) in [6, 6.07) is 13.7. The quantitative estimate of drug-likeness (QED) is 0.790. The van der Waals surface area contributed by atoms with Crippen molar-refractivity contribution in [1.82, 2.24) is 9.88 Å². The van der Waals surface area contributed by atoms with Crippen LogP contribution < -0.4 is 5.32 Å². The Morgan fingerprint density at radius 3 is 2.53 bits per heavy atom. The minimum absolute atomic E-state index is 0.0138. The van der Waals surface area contributed by atoms with Gasteiger partial charge >= 0.3 is 0 Å². The van der Waals surface area contributed by atoms with E-state index in [2.05, 4.69) is 11.9 Å². The molecule has 2 rings (SSSR count). The van der Waals surface area contributed by atoms with Gasteiger partial charge in [0.2, 0.25) is 5.91 Å². The third kappa shape index (κ3) is 3.58. The van der Waals surface area contributed by atoms with E-state index in [0.717, 1.165) is 5.56 Å². The molecule has 98 valence electrons. The van der Waals surface area contributed by atoms with Gasteiger partial charge in [0.15, 0.2) is 0 Å². The summed E-state index contributed by atoms with van der Waals surface area (Å²) in [6.45, 7) is 4.11. The van der Waals surface area contributed by atoms with Gasteiger partial charge in [0, 0.05) is 25.4 Å². The summed E-state index contributed by atoms with van der Waals surface area (Å²) in [6.07, 6.45) is 6.20. The molecule has 1 heterocycles. The summed E-state index contributed by atoms with van der Waals surface area (Å²) in [7, 11) is 0. The van der Waals surface area contributed by atoms with Gasteiger partial charge in [-0.3, -0.25) is 4.79 Å². The number of nitrogens with one attached hydrogen (secondary N) is 1. The zero-order chi connectivity index (χ0) is 13.5. The molecule has 1 N–H and O–H groups in total. The minimum Gasteiger partial charge on any atom is -0.351 e. The maximum Gasteiger partial charge on any atom is 0.243 e. The van der Waals surface area contributed by atoms with Gasteiger partial charge in [-0.05, 0) is 17.7 Å². The maximum absolute atomic E-state index is 12.2. The summed E-state index contributed by atoms with van der Waals surface area (Å²) in [5, 5.41) is 2.86. The Morgan fingerprint density at radius 2 is 1.89 bits per heavy atom. The van der Waals surface area contributed by atoms with Crippen LogP contribution in [0.5, 0.6) is 0 Å². The largest absolute Gasteiger partial charge is 0.351 e. The van der Waals surface area contributed by atoms with Crippen molar-refractivity contribution in [3.05, 3.63) is 73.1 Å². The lowest BCUT2D eigenvalue weighted by molar-refractivity contribution is -0.124. The van der Waals surface area contributed by atoms with Crippen LogP contribution in [-0.4, -0.2) is 17.0 Å². The summed E-state index contributed by atoms with van der Waals surface area (Å²) in [5.74, 6) is 0.0138. The van der Waals surface area contributed by atoms with Crippen molar-refractivity contribution in [3.8, 4) is 0 Å². The molecule has 3 heteroatoms. The van der Waals surface area contributed by atoms with Crippen LogP contribution in [0.15, 0.2) is 67.5 Å². The minimum atomic E-state index is -0.225. The molecule has 1 aromatic heterocycles. The van der Waals surface area contributed by atoms with Crippen molar-refractivity contribution in [2.24, 2.45) is 0 Å². The molecule has 19 heavy (non-hydrogen) atoms. The van der Waals surface area contributed by atoms with Crippen molar-refractivity contribution in [2.45, 2.75) is 12.5 Å². The molecule has 0 aliphatic carbocycles. The molecule has 0 fully saturated rings. The van der Waals surface area contributed by atoms with E-state index < -0.39 is 0 Å². The zero-order valence-corrected chi connectivity index (χ0v) is 10.8. The SMILES string of the molecule is C=CCNC(=O)C(Cc1ccccc1)n1cccc1. The van der Waals surface area contributed by atoms with Crippen LogP contribution in [0.25, 0.3) is 0 Å². The van der Waals surface area contributed by atoms with Gasteiger partial charge in [-0.25, -0.2) is 0 Å². The summed E-state index contributed by atoms with van der Waals surface area (Å²) < 4.78 is 1.94. The fourth-order valence-electron chi connectivity index (χ4n) is 2.02. The fraction of sp³-hybridized carbons (Fsp3) is 0.188. The first kappa shape index (κ1) is 13.1. The predicted octanol–water partition coefficient (Wildman–Crippen LogP) is 2.57. The molecule has 0 radical (unpaired) electrons. The highest BCUT2D eigenvalue weighted by atomic mass is 16.2. The number of rotatable bonds is 6. The first-order valence-electron chi connectivity index (χ1n) is 6.36. The molecular weight excluding hydrogens is 236 g/mol. The third-order valence-corrected chi connectivity index (χ3v) is 2.98. The highest BCUT2D eigenvalue weighted by molar-refractivity contribution is 5.80. The highest BCUT2D eigenvalue weighted by Crippen LogP contribution is 2.15. The van der Waals surface area contributed by atoms with E-state index in [1.54, 1.807) is 6.08 Å². The van der Waals surface area contributed by atoms with Crippen LogP contribution in [0.3, 0.4) is 0 Å². The Hall–Kier alpha value is -2.29. The normalized spacial score (nSPS) is 11.8. The number of hydrogen-bond acceptors (Lipinski definition) is 1. The van der Waals surface area contributed by atoms with Crippen molar-refractivity contribution in [2.75, 3.05) is 6.54 Å². The number of carbonyl (C=O) groups is 1. The molecule has 3 nitrogen and oxygen atoms in total. The number of nitrogens with zero attached hydrogens (tertiary/aromatic N) is 1. The predicted molar refractivity (Wildman–Crippen MR) is 76.8 cm³/mol. The Balaban J connectivity index is 2.15. The lowest BCUT2D eigenvalue weighted by atomic mass is 10.1. The second-order valence-electron chi connectivity index (χ2n) is 4.37. The molecule has 0 aliphatic heterocycles. The summed E-state index contributed by atoms with van der Waals surface area (Å²) in [5.41, 5.74) is 1.15. The van der Waals surface area contributed by atoms with Crippen LogP contribution in [0.1, 0.15) is 11.6 Å². The zero-order valence-electron chi connectivity index (χ0n) is 10.8. The number of benzene rings is 1. The molecule has 0 saturated heterocycles. The van der Waals surface area contributed by atoms with Gasteiger partial charge in [-0.15, -0.1) is 6.58 Å². The topological polar surface area (TPSA) is 34.0 Å². The summed E-state index contributed by atoms with van der Waals surface area (Å²) in [4.78, 5) is 12.2. The van der Waals surface area contributed by atoms with Gasteiger partial charge in [-0.2, -0.15) is 0 Å². The van der Waals surface area contributed by atoms with Crippen molar-refractivity contribution >= 4 is 5.91 Å². The van der Waals surface area contributed by atoms with Gasteiger partial charge in [-0.1, -0.05) is 36.4 Å². The van der Waals surface area contributed by atoms with E-state index in [9.17, 15) is 4.79 Å². The standard InChI is InChI=1S/C16H18N2O/c1-2-10-17-16(19)15(18-11-6-7-12-18)13-14-8-4-3-5-9-14/h2-9,11-12,15H,1,10,13H2,(H,17,19). The van der Waals surface area contributed by atoms with E-state index >= 15 is 0 Å². The molecule has 2 aromatic rings. The smallest absolute Gasteiger partial charge is 0.243 e. The molecular formula is C16H18N2O. The van der Waals surface area contributed by atoms with Gasteiger partial charge in [0.25, 0.3) is 0 Å². The average molecular weight is 254 g/mol. The number of hydrogen-bond donors (Lipinski definition) is 1. The van der Waals surface area contributed by atoms with E-state index in [-0.39, 0.29) is 11.9 Å². The van der Waals surface area contributed by atoms with Crippen LogP contribution in [0.4, 0.5) is 0 Å². The van der Waals surface area contributed by atoms with Gasteiger partial charge in [0.1, 0.15) is 6.04 Å². The van der Waals surface area contributed by atoms with Crippen molar-refractivity contribution < 1.29 is 4.79 Å². The molecule has 1 amide bonds. The average Bonchev–Trinajstić information content (AvgIpc) is 2.97. The summed E-state index contributed by atoms with van der Waals surface area (Å²) >= 11 is 0. The Morgan fingerprint density at radius 1 is 1.21 bits per heavy atom. The molecule has 0 aliphatic rings. The van der Waals surface area contributed by atoms with Crippen molar-refractivity contribution in [3.63, 3.8) is 0 Å². The van der Waals surface area contributed by atoms with E-state index in [4.69, 9.17) is 0 Å². The van der Waals surface area contributed by atoms with E-state index in [0.29, 0.717) is 13.0 Å². The second kappa shape index (κ2) is 6.59. The number of amides is 1. The van der Waals surface area contributed by atoms with E-state index in [1.807, 2.05) is 59.4 Å². The maximum atomic E-state index is 12.2. The van der Waals surface area contributed by atoms with Crippen LogP contribution in [0, 0.1) is 0 Å². The Kier molecular flexibility index (Phi) is 4.56. The first-order chi connectivity index (χ1) is 9.31. The van der Waals surface area contributed by atoms with Crippen LogP contribution in [-0.2, 0) is 11.2 Å². The molecule has 0 spiro atoms. The molecule has 1 atom stereocenters. The molecule has 0 saturated carbocycles. The molecule has 1 unspecified atom stereocenters. The van der Waals surface area contributed by atoms with Crippen LogP contribution in [0.2, 0.25) is 0 Å². The lowest BCUT2D eigenvalue weighted by Crippen LogP contribution is -2.33. The Bertz CT molecular complexity index is 517. The van der Waals surface area contributed by atoms with Crippen molar-refractivity contribution in [1.29, 1.82) is 0 Å². The molecule has 1 aromatic carbocycles. The van der Waals surface area contributed by atoms with Gasteiger partial charge < -0.3 is 9.88 Å². The second-order valence-corrected chi connectivity index (χ2v) is 4.37. The van der Waals surface area contributed by atoms with Gasteiger partial charge in [0.05, 0.1) is 0 Å². The molecule has 0 bridgehead atoms. The van der Waals surface area contributed by atoms with Crippen LogP contribution >= 0.6 is 0 Å². The Labute approximate surface area is 113 Å². The fourth-order valence-corrected chi connectivity index (χ4v) is 2.02.